The molecule has 2 rings (SSSR count). The molecule has 1 fully saturated rings. The van der Waals surface area contributed by atoms with Crippen LogP contribution in [0.15, 0.2) is 12.1 Å². The lowest BCUT2D eigenvalue weighted by Crippen LogP contribution is -2.35. The van der Waals surface area contributed by atoms with Gasteiger partial charge in [0.05, 0.1) is 12.6 Å². The topological polar surface area (TPSA) is 38.3 Å². The van der Waals surface area contributed by atoms with Gasteiger partial charge in [-0.25, -0.2) is 18.0 Å². The van der Waals surface area contributed by atoms with Gasteiger partial charge in [0.1, 0.15) is 0 Å². The zero-order valence-electron chi connectivity index (χ0n) is 8.10. The average molecular weight is 231 g/mol. The summed E-state index contributed by atoms with van der Waals surface area (Å²) < 4.78 is 43.2. The maximum Gasteiger partial charge on any atom is 0.407 e. The average Bonchev–Trinajstić information content (AvgIpc) is 2.25. The predicted molar refractivity (Wildman–Crippen MR) is 48.2 cm³/mol. The first-order valence-corrected chi connectivity index (χ1v) is 4.65. The van der Waals surface area contributed by atoms with Crippen molar-refractivity contribution in [1.29, 1.82) is 0 Å². The molecular weight excluding hydrogens is 223 g/mol. The van der Waals surface area contributed by atoms with Gasteiger partial charge in [-0.1, -0.05) is 0 Å². The Kier molecular flexibility index (Phi) is 2.72. The third-order valence-corrected chi connectivity index (χ3v) is 2.34. The molecule has 1 N–H and O–H groups in total. The molecule has 0 spiro atoms. The van der Waals surface area contributed by atoms with Gasteiger partial charge in [-0.15, -0.1) is 0 Å². The van der Waals surface area contributed by atoms with Crippen LogP contribution >= 0.6 is 0 Å². The van der Waals surface area contributed by atoms with Gasteiger partial charge in [-0.05, 0) is 17.7 Å². The number of hydrogen-bond acceptors (Lipinski definition) is 2. The highest BCUT2D eigenvalue weighted by Gasteiger charge is 2.23. The van der Waals surface area contributed by atoms with Crippen LogP contribution in [-0.2, 0) is 4.74 Å². The van der Waals surface area contributed by atoms with Crippen LogP contribution in [0.5, 0.6) is 0 Å². The van der Waals surface area contributed by atoms with Crippen LogP contribution in [0.25, 0.3) is 0 Å². The second-order valence-corrected chi connectivity index (χ2v) is 3.42. The smallest absolute Gasteiger partial charge is 0.407 e. The van der Waals surface area contributed by atoms with Gasteiger partial charge in [-0.3, -0.25) is 0 Å². The van der Waals surface area contributed by atoms with Crippen LogP contribution in [0.2, 0.25) is 0 Å². The summed E-state index contributed by atoms with van der Waals surface area (Å²) in [5.41, 5.74) is 0.188. The van der Waals surface area contributed by atoms with E-state index in [1.54, 1.807) is 0 Å². The Morgan fingerprint density at radius 3 is 2.44 bits per heavy atom. The summed E-state index contributed by atoms with van der Waals surface area (Å²) >= 11 is 0. The van der Waals surface area contributed by atoms with Crippen LogP contribution in [0.3, 0.4) is 0 Å². The van der Waals surface area contributed by atoms with Crippen LogP contribution in [0.1, 0.15) is 18.0 Å². The van der Waals surface area contributed by atoms with E-state index in [4.69, 9.17) is 0 Å². The molecule has 1 aromatic carbocycles. The fourth-order valence-corrected chi connectivity index (χ4v) is 1.55. The van der Waals surface area contributed by atoms with Crippen LogP contribution < -0.4 is 5.32 Å². The molecule has 1 amide bonds. The number of ether oxygens (including phenoxy) is 1. The number of cyclic esters (lactones) is 1. The van der Waals surface area contributed by atoms with Crippen molar-refractivity contribution in [2.24, 2.45) is 0 Å². The largest absolute Gasteiger partial charge is 0.449 e. The Morgan fingerprint density at radius 1 is 1.25 bits per heavy atom. The normalized spacial score (nSPS) is 20.2. The summed E-state index contributed by atoms with van der Waals surface area (Å²) in [5.74, 6) is -4.05. The number of benzene rings is 1. The summed E-state index contributed by atoms with van der Waals surface area (Å²) in [6.07, 6.45) is -0.266. The summed E-state index contributed by atoms with van der Waals surface area (Å²) in [6, 6.07) is 1.19. The first-order chi connectivity index (χ1) is 7.58. The summed E-state index contributed by atoms with van der Waals surface area (Å²) in [4.78, 5) is 10.9. The Bertz CT molecular complexity index is 413. The van der Waals surface area contributed by atoms with E-state index in [0.717, 1.165) is 12.1 Å². The number of carbonyl (C=O) groups is 1. The van der Waals surface area contributed by atoms with E-state index in [2.05, 4.69) is 10.1 Å². The SMILES string of the molecule is O=C1N[C@@H](c2cc(F)c(F)c(F)c2)CCO1. The number of nitrogens with one attached hydrogen (secondary N) is 1. The van der Waals surface area contributed by atoms with Crippen molar-refractivity contribution in [1.82, 2.24) is 5.32 Å². The maximum atomic E-state index is 12.9. The molecule has 1 atom stereocenters. The number of amides is 1. The molecule has 6 heteroatoms. The quantitative estimate of drug-likeness (QED) is 0.753. The molecule has 16 heavy (non-hydrogen) atoms. The van der Waals surface area contributed by atoms with Crippen LogP contribution in [0, 0.1) is 17.5 Å². The minimum absolute atomic E-state index is 0.164. The van der Waals surface area contributed by atoms with Gasteiger partial charge >= 0.3 is 6.09 Å². The predicted octanol–water partition coefficient (Wildman–Crippen LogP) is 2.27. The lowest BCUT2D eigenvalue weighted by molar-refractivity contribution is 0.115. The van der Waals surface area contributed by atoms with Gasteiger partial charge in [-0.2, -0.15) is 0 Å². The molecule has 1 aromatic rings. The Balaban J connectivity index is 2.30. The lowest BCUT2D eigenvalue weighted by Gasteiger charge is -2.23. The van der Waals surface area contributed by atoms with Crippen molar-refractivity contribution in [2.75, 3.05) is 6.61 Å². The molecule has 1 aliphatic heterocycles. The Labute approximate surface area is 89.2 Å². The highest BCUT2D eigenvalue weighted by atomic mass is 19.2. The zero-order chi connectivity index (χ0) is 11.7. The van der Waals surface area contributed by atoms with Gasteiger partial charge in [0.25, 0.3) is 0 Å². The van der Waals surface area contributed by atoms with E-state index in [0.29, 0.717) is 6.42 Å². The zero-order valence-corrected chi connectivity index (χ0v) is 8.10. The molecule has 0 aliphatic carbocycles. The van der Waals surface area contributed by atoms with E-state index in [1.807, 2.05) is 0 Å². The van der Waals surface area contributed by atoms with Gasteiger partial charge in [0.2, 0.25) is 0 Å². The molecule has 0 saturated carbocycles. The summed E-state index contributed by atoms with van der Waals surface area (Å²) in [7, 11) is 0. The molecule has 1 saturated heterocycles. The molecule has 0 bridgehead atoms. The summed E-state index contributed by atoms with van der Waals surface area (Å²) in [6.45, 7) is 0.164. The minimum Gasteiger partial charge on any atom is -0.449 e. The summed E-state index contributed by atoms with van der Waals surface area (Å²) in [5, 5.41) is 2.39. The molecular formula is C10H8F3NO2. The van der Waals surface area contributed by atoms with Crippen LogP contribution in [0.4, 0.5) is 18.0 Å². The Hall–Kier alpha value is -1.72. The number of carbonyl (C=O) groups excluding carboxylic acids is 1. The van der Waals surface area contributed by atoms with E-state index < -0.39 is 29.6 Å². The van der Waals surface area contributed by atoms with Crippen molar-refractivity contribution in [3.8, 4) is 0 Å². The van der Waals surface area contributed by atoms with E-state index in [1.165, 1.54) is 0 Å². The molecule has 86 valence electrons. The number of halogens is 3. The van der Waals surface area contributed by atoms with E-state index in [9.17, 15) is 18.0 Å². The minimum atomic E-state index is -1.51. The first-order valence-electron chi connectivity index (χ1n) is 4.65. The van der Waals surface area contributed by atoms with Crippen molar-refractivity contribution in [3.05, 3.63) is 35.1 Å². The second kappa shape index (κ2) is 4.03. The molecule has 0 aromatic heterocycles. The standard InChI is InChI=1S/C10H8F3NO2/c11-6-3-5(4-7(12)9(6)13)8-1-2-16-10(15)14-8/h3-4,8H,1-2H2,(H,14,15)/t8-/m1/s1. The maximum absolute atomic E-state index is 12.9. The third kappa shape index (κ3) is 1.95. The molecule has 1 aliphatic rings. The van der Waals surface area contributed by atoms with Gasteiger partial charge in [0, 0.05) is 6.42 Å². The van der Waals surface area contributed by atoms with Gasteiger partial charge in [0.15, 0.2) is 17.5 Å². The fourth-order valence-electron chi connectivity index (χ4n) is 1.55. The monoisotopic (exact) mass is 231 g/mol. The van der Waals surface area contributed by atoms with Crippen molar-refractivity contribution in [3.63, 3.8) is 0 Å². The number of rotatable bonds is 1. The lowest BCUT2D eigenvalue weighted by atomic mass is 10.0. The third-order valence-electron chi connectivity index (χ3n) is 2.34. The van der Waals surface area contributed by atoms with E-state index in [-0.39, 0.29) is 12.2 Å². The number of alkyl carbamates (subject to hydrolysis) is 1. The van der Waals surface area contributed by atoms with Gasteiger partial charge < -0.3 is 10.1 Å². The molecule has 0 unspecified atom stereocenters. The van der Waals surface area contributed by atoms with Crippen LogP contribution in [-0.4, -0.2) is 12.7 Å². The fraction of sp³-hybridized carbons (Fsp3) is 0.300. The Morgan fingerprint density at radius 2 is 1.88 bits per heavy atom. The highest BCUT2D eigenvalue weighted by Crippen LogP contribution is 2.23. The molecule has 1 heterocycles. The van der Waals surface area contributed by atoms with E-state index >= 15 is 0 Å². The molecule has 0 radical (unpaired) electrons. The molecule has 3 nitrogen and oxygen atoms in total. The first kappa shape index (κ1) is 10.8. The number of hydrogen-bond donors (Lipinski definition) is 1. The highest BCUT2D eigenvalue weighted by molar-refractivity contribution is 5.68. The van der Waals surface area contributed by atoms with Crippen molar-refractivity contribution in [2.45, 2.75) is 12.5 Å². The van der Waals surface area contributed by atoms with Crippen molar-refractivity contribution < 1.29 is 22.7 Å². The van der Waals surface area contributed by atoms with Crippen molar-refractivity contribution >= 4 is 6.09 Å². The second-order valence-electron chi connectivity index (χ2n) is 3.42.